The highest BCUT2D eigenvalue weighted by Crippen LogP contribution is 2.27. The van der Waals surface area contributed by atoms with Crippen molar-refractivity contribution < 1.29 is 15.0 Å². The van der Waals surface area contributed by atoms with Crippen LogP contribution in [0.1, 0.15) is 17.3 Å². The number of hydrogen-bond donors (Lipinski definition) is 2. The summed E-state index contributed by atoms with van der Waals surface area (Å²) >= 11 is 0. The minimum Gasteiger partial charge on any atom is -0.507 e. The minimum absolute atomic E-state index is 0.139. The van der Waals surface area contributed by atoms with E-state index in [1.165, 1.54) is 30.1 Å². The second-order valence-electron chi connectivity index (χ2n) is 3.89. The van der Waals surface area contributed by atoms with E-state index in [0.717, 1.165) is 0 Å². The average molecular weight is 234 g/mol. The van der Waals surface area contributed by atoms with Gasteiger partial charge in [0, 0.05) is 13.6 Å². The highest BCUT2D eigenvalue weighted by Gasteiger charge is 2.20. The molecule has 1 aromatic rings. The molecular formula is C12H14N2O3. The van der Waals surface area contributed by atoms with Crippen LogP contribution in [0.2, 0.25) is 0 Å². The molecule has 2 N–H and O–H groups in total. The van der Waals surface area contributed by atoms with Gasteiger partial charge in [-0.25, -0.2) is 0 Å². The SMILES string of the molecule is CC(C#N)CN(C)C(=O)c1c(O)cccc1O. The monoisotopic (exact) mass is 234 g/mol. The standard InChI is InChI=1S/C12H14N2O3/c1-8(6-13)7-14(2)12(17)11-9(15)4-3-5-10(11)16/h3-5,8,15-16H,7H2,1-2H3. The molecule has 17 heavy (non-hydrogen) atoms. The van der Waals surface area contributed by atoms with Crippen LogP contribution in [0.25, 0.3) is 0 Å². The van der Waals surface area contributed by atoms with Gasteiger partial charge in [-0.1, -0.05) is 6.07 Å². The first-order valence-corrected chi connectivity index (χ1v) is 5.13. The predicted octanol–water partition coefficient (Wildman–Crippen LogP) is 1.33. The number of carbonyl (C=O) groups is 1. The van der Waals surface area contributed by atoms with Gasteiger partial charge in [0.25, 0.3) is 5.91 Å². The summed E-state index contributed by atoms with van der Waals surface area (Å²) in [7, 11) is 1.52. The lowest BCUT2D eigenvalue weighted by Crippen LogP contribution is -2.30. The van der Waals surface area contributed by atoms with Crippen LogP contribution in [0.3, 0.4) is 0 Å². The Morgan fingerprint density at radius 3 is 2.47 bits per heavy atom. The number of hydrogen-bond acceptors (Lipinski definition) is 4. The quantitative estimate of drug-likeness (QED) is 0.826. The van der Waals surface area contributed by atoms with Gasteiger partial charge in [-0.15, -0.1) is 0 Å². The minimum atomic E-state index is -0.511. The third-order valence-corrected chi connectivity index (χ3v) is 2.35. The summed E-state index contributed by atoms with van der Waals surface area (Å²) in [4.78, 5) is 13.2. The number of rotatable bonds is 3. The molecule has 1 unspecified atom stereocenters. The molecule has 5 nitrogen and oxygen atoms in total. The van der Waals surface area contributed by atoms with Gasteiger partial charge < -0.3 is 15.1 Å². The van der Waals surface area contributed by atoms with Gasteiger partial charge in [-0.3, -0.25) is 4.79 Å². The Kier molecular flexibility index (Phi) is 3.94. The number of nitrogens with zero attached hydrogens (tertiary/aromatic N) is 2. The number of phenols is 2. The summed E-state index contributed by atoms with van der Waals surface area (Å²) in [5.41, 5.74) is -0.139. The fraction of sp³-hybridized carbons (Fsp3) is 0.333. The molecule has 1 aromatic carbocycles. The van der Waals surface area contributed by atoms with Crippen LogP contribution in [-0.4, -0.2) is 34.6 Å². The first-order valence-electron chi connectivity index (χ1n) is 5.13. The lowest BCUT2D eigenvalue weighted by molar-refractivity contribution is 0.0779. The summed E-state index contributed by atoms with van der Waals surface area (Å²) in [5, 5.41) is 27.7. The Morgan fingerprint density at radius 1 is 1.47 bits per heavy atom. The van der Waals surface area contributed by atoms with E-state index in [0.29, 0.717) is 0 Å². The van der Waals surface area contributed by atoms with Crippen LogP contribution in [0.5, 0.6) is 11.5 Å². The van der Waals surface area contributed by atoms with Crippen LogP contribution in [0, 0.1) is 17.2 Å². The van der Waals surface area contributed by atoms with Crippen LogP contribution < -0.4 is 0 Å². The molecule has 5 heteroatoms. The van der Waals surface area contributed by atoms with Crippen molar-refractivity contribution in [3.63, 3.8) is 0 Å². The van der Waals surface area contributed by atoms with Crippen LogP contribution in [0.4, 0.5) is 0 Å². The Bertz CT molecular complexity index is 445. The molecule has 90 valence electrons. The van der Waals surface area contributed by atoms with E-state index in [1.54, 1.807) is 6.92 Å². The summed E-state index contributed by atoms with van der Waals surface area (Å²) in [6.07, 6.45) is 0. The molecule has 0 aliphatic carbocycles. The van der Waals surface area contributed by atoms with Gasteiger partial charge >= 0.3 is 0 Å². The zero-order valence-corrected chi connectivity index (χ0v) is 9.71. The maximum absolute atomic E-state index is 11.9. The van der Waals surface area contributed by atoms with Crippen molar-refractivity contribution in [3.05, 3.63) is 23.8 Å². The number of nitriles is 1. The van der Waals surface area contributed by atoms with Gasteiger partial charge in [-0.2, -0.15) is 5.26 Å². The Morgan fingerprint density at radius 2 is 2.00 bits per heavy atom. The highest BCUT2D eigenvalue weighted by molar-refractivity contribution is 5.99. The van der Waals surface area contributed by atoms with Gasteiger partial charge in [0.05, 0.1) is 12.0 Å². The summed E-state index contributed by atoms with van der Waals surface area (Å²) in [6.45, 7) is 1.93. The van der Waals surface area contributed by atoms with Crippen molar-refractivity contribution in [3.8, 4) is 17.6 Å². The van der Waals surface area contributed by atoms with Crippen molar-refractivity contribution in [2.24, 2.45) is 5.92 Å². The summed E-state index contributed by atoms with van der Waals surface area (Å²) in [6, 6.07) is 6.11. The van der Waals surface area contributed by atoms with E-state index in [2.05, 4.69) is 0 Å². The molecule has 0 aliphatic heterocycles. The lowest BCUT2D eigenvalue weighted by Gasteiger charge is -2.19. The zero-order valence-electron chi connectivity index (χ0n) is 9.71. The maximum Gasteiger partial charge on any atom is 0.261 e. The molecule has 0 aromatic heterocycles. The topological polar surface area (TPSA) is 84.6 Å². The predicted molar refractivity (Wildman–Crippen MR) is 61.5 cm³/mol. The van der Waals surface area contributed by atoms with Crippen molar-refractivity contribution in [2.45, 2.75) is 6.92 Å². The summed E-state index contributed by atoms with van der Waals surface area (Å²) < 4.78 is 0. The van der Waals surface area contributed by atoms with Crippen molar-refractivity contribution in [1.82, 2.24) is 4.90 Å². The molecular weight excluding hydrogens is 220 g/mol. The molecule has 1 atom stereocenters. The number of phenolic OH excluding ortho intramolecular Hbond substituents is 2. The summed E-state index contributed by atoms with van der Waals surface area (Å²) in [5.74, 6) is -1.36. The molecule has 0 heterocycles. The molecule has 0 radical (unpaired) electrons. The van der Waals surface area contributed by atoms with Crippen molar-refractivity contribution in [2.75, 3.05) is 13.6 Å². The normalized spacial score (nSPS) is 11.6. The first kappa shape index (κ1) is 12.8. The molecule has 0 fully saturated rings. The lowest BCUT2D eigenvalue weighted by atomic mass is 10.1. The Hall–Kier alpha value is -2.22. The van der Waals surface area contributed by atoms with Gasteiger partial charge in [0.1, 0.15) is 17.1 Å². The molecule has 1 rings (SSSR count). The van der Waals surface area contributed by atoms with Crippen LogP contribution in [-0.2, 0) is 0 Å². The molecule has 0 spiro atoms. The largest absolute Gasteiger partial charge is 0.507 e. The molecule has 0 bridgehead atoms. The number of carbonyl (C=O) groups excluding carboxylic acids is 1. The van der Waals surface area contributed by atoms with E-state index in [4.69, 9.17) is 5.26 Å². The fourth-order valence-corrected chi connectivity index (χ4v) is 1.47. The van der Waals surface area contributed by atoms with Gasteiger partial charge in [0.15, 0.2) is 0 Å². The van der Waals surface area contributed by atoms with E-state index < -0.39 is 5.91 Å². The fourth-order valence-electron chi connectivity index (χ4n) is 1.47. The van der Waals surface area contributed by atoms with E-state index in [9.17, 15) is 15.0 Å². The highest BCUT2D eigenvalue weighted by atomic mass is 16.3. The maximum atomic E-state index is 11.9. The van der Waals surface area contributed by atoms with Crippen LogP contribution >= 0.6 is 0 Å². The van der Waals surface area contributed by atoms with Crippen molar-refractivity contribution in [1.29, 1.82) is 5.26 Å². The van der Waals surface area contributed by atoms with E-state index in [-0.39, 0.29) is 29.5 Å². The first-order chi connectivity index (χ1) is 7.97. The molecule has 1 amide bonds. The van der Waals surface area contributed by atoms with E-state index in [1.807, 2.05) is 6.07 Å². The molecule has 0 saturated heterocycles. The number of amides is 1. The average Bonchev–Trinajstić information content (AvgIpc) is 2.28. The Balaban J connectivity index is 2.94. The smallest absolute Gasteiger partial charge is 0.261 e. The van der Waals surface area contributed by atoms with Crippen LogP contribution in [0.15, 0.2) is 18.2 Å². The van der Waals surface area contributed by atoms with Crippen molar-refractivity contribution >= 4 is 5.91 Å². The number of aromatic hydroxyl groups is 2. The third kappa shape index (κ3) is 2.88. The van der Waals surface area contributed by atoms with Gasteiger partial charge in [0.2, 0.25) is 0 Å². The zero-order chi connectivity index (χ0) is 13.0. The van der Waals surface area contributed by atoms with Gasteiger partial charge in [-0.05, 0) is 19.1 Å². The second-order valence-corrected chi connectivity index (χ2v) is 3.89. The second kappa shape index (κ2) is 5.21. The molecule has 0 aliphatic rings. The van der Waals surface area contributed by atoms with E-state index >= 15 is 0 Å². The number of benzene rings is 1. The molecule has 0 saturated carbocycles. The Labute approximate surface area is 99.5 Å². The third-order valence-electron chi connectivity index (χ3n) is 2.35.